The minimum atomic E-state index is 0.139. The molecule has 0 spiro atoms. The van der Waals surface area contributed by atoms with Gasteiger partial charge in [-0.2, -0.15) is 4.98 Å². The molecule has 1 saturated heterocycles. The Labute approximate surface area is 125 Å². The maximum absolute atomic E-state index is 5.46. The number of nitrogens with zero attached hydrogens (tertiary/aromatic N) is 2. The lowest BCUT2D eigenvalue weighted by Crippen LogP contribution is -2.31. The van der Waals surface area contributed by atoms with Crippen LogP contribution in [0.3, 0.4) is 0 Å². The summed E-state index contributed by atoms with van der Waals surface area (Å²) in [6.07, 6.45) is 0.655. The second-order valence-corrected chi connectivity index (χ2v) is 5.71. The van der Waals surface area contributed by atoms with Gasteiger partial charge in [-0.25, -0.2) is 0 Å². The molecule has 106 valence electrons. The molecule has 1 aromatic carbocycles. The number of halogens is 1. The SMILES string of the molecule is CNC1COCC1c1nc(Cc2ccccc2Br)no1. The van der Waals surface area contributed by atoms with Crippen molar-refractivity contribution in [3.8, 4) is 0 Å². The molecule has 1 N–H and O–H groups in total. The first-order chi connectivity index (χ1) is 9.78. The molecule has 0 amide bonds. The monoisotopic (exact) mass is 337 g/mol. The fraction of sp³-hybridized carbons (Fsp3) is 0.429. The van der Waals surface area contributed by atoms with Crippen LogP contribution in [0.4, 0.5) is 0 Å². The van der Waals surface area contributed by atoms with Crippen molar-refractivity contribution in [3.63, 3.8) is 0 Å². The van der Waals surface area contributed by atoms with Crippen molar-refractivity contribution in [1.29, 1.82) is 0 Å². The lowest BCUT2D eigenvalue weighted by molar-refractivity contribution is 0.185. The molecule has 6 heteroatoms. The average Bonchev–Trinajstić information content (AvgIpc) is 3.09. The smallest absolute Gasteiger partial charge is 0.233 e. The standard InChI is InChI=1S/C14H16BrN3O2/c1-16-12-8-19-7-10(12)14-17-13(18-20-14)6-9-4-2-3-5-11(9)15/h2-5,10,12,16H,6-8H2,1H3. The Morgan fingerprint density at radius 2 is 2.20 bits per heavy atom. The predicted octanol–water partition coefficient (Wildman–Crippen LogP) is 2.12. The Hall–Kier alpha value is -1.24. The molecule has 0 bridgehead atoms. The highest BCUT2D eigenvalue weighted by Crippen LogP contribution is 2.25. The number of hydrogen-bond donors (Lipinski definition) is 1. The van der Waals surface area contributed by atoms with Gasteiger partial charge in [0.25, 0.3) is 0 Å². The van der Waals surface area contributed by atoms with Gasteiger partial charge in [0.2, 0.25) is 5.89 Å². The molecule has 1 aliphatic heterocycles. The van der Waals surface area contributed by atoms with Crippen molar-refractivity contribution >= 4 is 15.9 Å². The molecule has 1 aliphatic rings. The first kappa shape index (κ1) is 13.7. The maximum atomic E-state index is 5.46. The summed E-state index contributed by atoms with van der Waals surface area (Å²) >= 11 is 3.53. The van der Waals surface area contributed by atoms with Crippen LogP contribution in [0.5, 0.6) is 0 Å². The minimum absolute atomic E-state index is 0.139. The zero-order valence-corrected chi connectivity index (χ0v) is 12.8. The summed E-state index contributed by atoms with van der Waals surface area (Å²) in [4.78, 5) is 4.51. The Kier molecular flexibility index (Phi) is 4.14. The molecule has 0 saturated carbocycles. The van der Waals surface area contributed by atoms with E-state index in [0.29, 0.717) is 31.3 Å². The van der Waals surface area contributed by atoms with Crippen LogP contribution in [0.1, 0.15) is 23.2 Å². The van der Waals surface area contributed by atoms with Gasteiger partial charge in [-0.3, -0.25) is 0 Å². The van der Waals surface area contributed by atoms with Crippen molar-refractivity contribution in [2.24, 2.45) is 0 Å². The normalized spacial score (nSPS) is 22.3. The van der Waals surface area contributed by atoms with E-state index < -0.39 is 0 Å². The molecule has 2 atom stereocenters. The van der Waals surface area contributed by atoms with Crippen molar-refractivity contribution in [1.82, 2.24) is 15.5 Å². The maximum Gasteiger partial charge on any atom is 0.233 e. The predicted molar refractivity (Wildman–Crippen MR) is 77.7 cm³/mol. The summed E-state index contributed by atoms with van der Waals surface area (Å²) in [5, 5.41) is 7.30. The summed E-state index contributed by atoms with van der Waals surface area (Å²) < 4.78 is 11.9. The van der Waals surface area contributed by atoms with Crippen LogP contribution in [0.25, 0.3) is 0 Å². The van der Waals surface area contributed by atoms with Crippen molar-refractivity contribution in [2.75, 3.05) is 20.3 Å². The van der Waals surface area contributed by atoms with E-state index in [9.17, 15) is 0 Å². The van der Waals surface area contributed by atoms with Gasteiger partial charge in [0, 0.05) is 16.9 Å². The minimum Gasteiger partial charge on any atom is -0.379 e. The third-order valence-corrected chi connectivity index (χ3v) is 4.33. The first-order valence-corrected chi connectivity index (χ1v) is 7.38. The highest BCUT2D eigenvalue weighted by Gasteiger charge is 2.32. The summed E-state index contributed by atoms with van der Waals surface area (Å²) in [5.74, 6) is 1.50. The van der Waals surface area contributed by atoms with Crippen molar-refractivity contribution in [3.05, 3.63) is 46.0 Å². The largest absolute Gasteiger partial charge is 0.379 e. The Balaban J connectivity index is 1.76. The Bertz CT molecular complexity index is 587. The molecule has 0 aliphatic carbocycles. The van der Waals surface area contributed by atoms with Crippen LogP contribution >= 0.6 is 15.9 Å². The molecule has 3 rings (SSSR count). The van der Waals surface area contributed by atoms with E-state index in [0.717, 1.165) is 10.0 Å². The lowest BCUT2D eigenvalue weighted by atomic mass is 10.0. The van der Waals surface area contributed by atoms with E-state index in [-0.39, 0.29) is 12.0 Å². The molecule has 1 aromatic heterocycles. The van der Waals surface area contributed by atoms with E-state index in [2.05, 4.69) is 37.5 Å². The summed E-state index contributed by atoms with van der Waals surface area (Å²) in [6, 6.07) is 8.30. The van der Waals surface area contributed by atoms with Crippen LogP contribution in [-0.4, -0.2) is 36.4 Å². The number of aromatic nitrogens is 2. The second-order valence-electron chi connectivity index (χ2n) is 4.86. The molecule has 2 heterocycles. The molecular weight excluding hydrogens is 322 g/mol. The fourth-order valence-corrected chi connectivity index (χ4v) is 2.81. The number of ether oxygens (including phenoxy) is 1. The van der Waals surface area contributed by atoms with Gasteiger partial charge in [-0.15, -0.1) is 0 Å². The van der Waals surface area contributed by atoms with Crippen LogP contribution in [-0.2, 0) is 11.2 Å². The number of nitrogens with one attached hydrogen (secondary N) is 1. The number of likely N-dealkylation sites (N-methyl/N-ethyl adjacent to an activating group) is 1. The van der Waals surface area contributed by atoms with Gasteiger partial charge < -0.3 is 14.6 Å². The highest BCUT2D eigenvalue weighted by atomic mass is 79.9. The van der Waals surface area contributed by atoms with Crippen LogP contribution in [0.15, 0.2) is 33.3 Å². The van der Waals surface area contributed by atoms with Crippen molar-refractivity contribution < 1.29 is 9.26 Å². The Morgan fingerprint density at radius 3 is 3.00 bits per heavy atom. The first-order valence-electron chi connectivity index (χ1n) is 6.59. The molecule has 2 unspecified atom stereocenters. The summed E-state index contributed by atoms with van der Waals surface area (Å²) in [5.41, 5.74) is 1.15. The van der Waals surface area contributed by atoms with Crippen LogP contribution < -0.4 is 5.32 Å². The molecule has 1 fully saturated rings. The third-order valence-electron chi connectivity index (χ3n) is 3.56. The molecule has 20 heavy (non-hydrogen) atoms. The van der Waals surface area contributed by atoms with Gasteiger partial charge in [0.1, 0.15) is 0 Å². The van der Waals surface area contributed by atoms with E-state index >= 15 is 0 Å². The zero-order valence-electron chi connectivity index (χ0n) is 11.2. The Morgan fingerprint density at radius 1 is 1.35 bits per heavy atom. The topological polar surface area (TPSA) is 60.2 Å². The molecule has 5 nitrogen and oxygen atoms in total. The lowest BCUT2D eigenvalue weighted by Gasteiger charge is -2.11. The van der Waals surface area contributed by atoms with E-state index in [1.807, 2.05) is 25.2 Å². The van der Waals surface area contributed by atoms with Gasteiger partial charge in [0.05, 0.1) is 19.1 Å². The summed E-state index contributed by atoms with van der Waals surface area (Å²) in [6.45, 7) is 1.31. The number of hydrogen-bond acceptors (Lipinski definition) is 5. The van der Waals surface area contributed by atoms with E-state index in [1.165, 1.54) is 0 Å². The zero-order chi connectivity index (χ0) is 13.9. The molecule has 0 radical (unpaired) electrons. The third kappa shape index (κ3) is 2.77. The summed E-state index contributed by atoms with van der Waals surface area (Å²) in [7, 11) is 1.92. The van der Waals surface area contributed by atoms with E-state index in [1.54, 1.807) is 0 Å². The van der Waals surface area contributed by atoms with Gasteiger partial charge >= 0.3 is 0 Å². The average molecular weight is 338 g/mol. The van der Waals surface area contributed by atoms with Crippen LogP contribution in [0.2, 0.25) is 0 Å². The van der Waals surface area contributed by atoms with E-state index in [4.69, 9.17) is 9.26 Å². The number of rotatable bonds is 4. The molecule has 2 aromatic rings. The number of benzene rings is 1. The van der Waals surface area contributed by atoms with Crippen molar-refractivity contribution in [2.45, 2.75) is 18.4 Å². The van der Waals surface area contributed by atoms with Gasteiger partial charge in [-0.05, 0) is 18.7 Å². The van der Waals surface area contributed by atoms with Gasteiger partial charge in [0.15, 0.2) is 5.82 Å². The molecular formula is C14H16BrN3O2. The fourth-order valence-electron chi connectivity index (χ4n) is 2.38. The quantitative estimate of drug-likeness (QED) is 0.925. The van der Waals surface area contributed by atoms with Crippen LogP contribution in [0, 0.1) is 0 Å². The second kappa shape index (κ2) is 6.03. The van der Waals surface area contributed by atoms with Gasteiger partial charge in [-0.1, -0.05) is 39.3 Å². The highest BCUT2D eigenvalue weighted by molar-refractivity contribution is 9.10.